The van der Waals surface area contributed by atoms with Gasteiger partial charge in [-0.25, -0.2) is 4.79 Å². The summed E-state index contributed by atoms with van der Waals surface area (Å²) in [7, 11) is 0. The summed E-state index contributed by atoms with van der Waals surface area (Å²) in [6.07, 6.45) is 8.51. The zero-order valence-corrected chi connectivity index (χ0v) is 37.3. The van der Waals surface area contributed by atoms with Crippen LogP contribution in [0.2, 0.25) is 0 Å². The molecule has 4 aromatic carbocycles. The Bertz CT molecular complexity index is 2340. The molecular weight excluding hydrogens is 815 g/mol. The van der Waals surface area contributed by atoms with Gasteiger partial charge in [0.1, 0.15) is 34.6 Å². The highest BCUT2D eigenvalue weighted by molar-refractivity contribution is 6.03. The third kappa shape index (κ3) is 10.1. The minimum Gasteiger partial charge on any atom is -0.459 e. The molecule has 1 amide bonds. The van der Waals surface area contributed by atoms with E-state index in [-0.39, 0.29) is 62.0 Å². The lowest BCUT2D eigenvalue weighted by molar-refractivity contribution is -0.384. The van der Waals surface area contributed by atoms with Crippen LogP contribution in [0.25, 0.3) is 10.8 Å². The van der Waals surface area contributed by atoms with Gasteiger partial charge in [-0.1, -0.05) is 67.4 Å². The number of oxime groups is 1. The highest BCUT2D eigenvalue weighted by Gasteiger charge is 2.65. The van der Waals surface area contributed by atoms with E-state index in [1.165, 1.54) is 24.3 Å². The first-order chi connectivity index (χ1) is 30.9. The van der Waals surface area contributed by atoms with Crippen LogP contribution in [-0.2, 0) is 9.57 Å². The van der Waals surface area contributed by atoms with Crippen molar-refractivity contribution in [1.29, 1.82) is 0 Å². The van der Waals surface area contributed by atoms with Crippen LogP contribution < -0.4 is 14.2 Å². The summed E-state index contributed by atoms with van der Waals surface area (Å²) in [5.74, 6) is -0.153. The topological polar surface area (TPSA) is 162 Å². The van der Waals surface area contributed by atoms with Crippen LogP contribution in [0.3, 0.4) is 0 Å². The van der Waals surface area contributed by atoms with Crippen molar-refractivity contribution < 1.29 is 43.7 Å². The van der Waals surface area contributed by atoms with Gasteiger partial charge in [-0.05, 0) is 124 Å². The summed E-state index contributed by atoms with van der Waals surface area (Å²) >= 11 is 0. The first-order valence-corrected chi connectivity index (χ1v) is 22.6. The van der Waals surface area contributed by atoms with E-state index in [1.54, 1.807) is 11.0 Å². The molecule has 0 spiro atoms. The molecule has 1 aliphatic heterocycles. The molecule has 13 nitrogen and oxygen atoms in total. The molecule has 0 bridgehead atoms. The molecule has 3 aliphatic rings. The Hall–Kier alpha value is -5.76. The molecular formula is C51H61N3O10. The minimum atomic E-state index is -1.49. The lowest BCUT2D eigenvalue weighted by atomic mass is 9.55. The van der Waals surface area contributed by atoms with E-state index in [9.17, 15) is 25.1 Å². The molecule has 0 saturated heterocycles. The van der Waals surface area contributed by atoms with E-state index < -0.39 is 34.4 Å². The Balaban J connectivity index is 1.42. The number of aliphatic hydroxyl groups excluding tert-OH is 2. The number of amides is 1. The van der Waals surface area contributed by atoms with Crippen LogP contribution in [0.15, 0.2) is 114 Å². The van der Waals surface area contributed by atoms with Gasteiger partial charge in [0.2, 0.25) is 5.79 Å². The third-order valence-corrected chi connectivity index (χ3v) is 12.4. The van der Waals surface area contributed by atoms with Crippen LogP contribution >= 0.6 is 0 Å². The van der Waals surface area contributed by atoms with E-state index in [4.69, 9.17) is 28.9 Å². The molecule has 64 heavy (non-hydrogen) atoms. The number of hydrogen-bond acceptors (Lipinski definition) is 11. The number of ether oxygens (including phenoxy) is 4. The Morgan fingerprint density at radius 1 is 0.953 bits per heavy atom. The molecule has 2 N–H and O–H groups in total. The zero-order valence-electron chi connectivity index (χ0n) is 37.3. The Morgan fingerprint density at radius 3 is 2.33 bits per heavy atom. The normalized spacial score (nSPS) is 23.0. The van der Waals surface area contributed by atoms with Crippen molar-refractivity contribution in [2.24, 2.45) is 22.9 Å². The van der Waals surface area contributed by atoms with Gasteiger partial charge in [-0.2, -0.15) is 0 Å². The summed E-state index contributed by atoms with van der Waals surface area (Å²) in [5.41, 5.74) is 1.74. The Kier molecular flexibility index (Phi) is 14.7. The van der Waals surface area contributed by atoms with Crippen molar-refractivity contribution in [3.8, 4) is 23.0 Å². The Morgan fingerprint density at radius 2 is 1.64 bits per heavy atom. The predicted octanol–water partition coefficient (Wildman–Crippen LogP) is 10.9. The highest BCUT2D eigenvalue weighted by atomic mass is 16.7. The van der Waals surface area contributed by atoms with Crippen molar-refractivity contribution in [1.82, 2.24) is 4.90 Å². The van der Waals surface area contributed by atoms with Gasteiger partial charge in [0, 0.05) is 49.8 Å². The number of hydrogen-bond donors (Lipinski definition) is 2. The number of rotatable bonds is 19. The monoisotopic (exact) mass is 875 g/mol. The van der Waals surface area contributed by atoms with E-state index in [1.807, 2.05) is 70.2 Å². The van der Waals surface area contributed by atoms with Crippen molar-refractivity contribution in [2.75, 3.05) is 26.4 Å². The number of fused-ring (bicyclic) bond motifs is 3. The van der Waals surface area contributed by atoms with Crippen molar-refractivity contribution in [3.05, 3.63) is 125 Å². The van der Waals surface area contributed by atoms with E-state index in [0.717, 1.165) is 47.6 Å². The number of benzene rings is 4. The molecule has 7 rings (SSSR count). The number of nitro benzene ring substituents is 1. The summed E-state index contributed by atoms with van der Waals surface area (Å²) in [5, 5.41) is 38.4. The van der Waals surface area contributed by atoms with Gasteiger partial charge in [0.05, 0.1) is 23.2 Å². The number of nitro groups is 1. The largest absolute Gasteiger partial charge is 0.459 e. The van der Waals surface area contributed by atoms with Crippen LogP contribution in [0.1, 0.15) is 90.5 Å². The minimum absolute atomic E-state index is 0.0134. The maximum absolute atomic E-state index is 14.7. The number of carbonyl (C=O) groups excluding carboxylic acids is 1. The summed E-state index contributed by atoms with van der Waals surface area (Å²) < 4.78 is 27.0. The van der Waals surface area contributed by atoms with Gasteiger partial charge >= 0.3 is 6.09 Å². The summed E-state index contributed by atoms with van der Waals surface area (Å²) in [4.78, 5) is 33.5. The zero-order chi connectivity index (χ0) is 45.4. The average molecular weight is 876 g/mol. The second kappa shape index (κ2) is 20.4. The number of carbonyl (C=O) groups is 1. The lowest BCUT2D eigenvalue weighted by Crippen LogP contribution is -2.70. The smallest absolute Gasteiger partial charge is 0.415 e. The molecule has 2 aliphatic carbocycles. The molecule has 13 heteroatoms. The fourth-order valence-electron chi connectivity index (χ4n) is 9.68. The van der Waals surface area contributed by atoms with E-state index >= 15 is 0 Å². The first kappa shape index (κ1) is 46.2. The molecule has 1 saturated carbocycles. The van der Waals surface area contributed by atoms with Gasteiger partial charge < -0.3 is 34.0 Å². The van der Waals surface area contributed by atoms with Crippen LogP contribution in [0.4, 0.5) is 10.5 Å². The summed E-state index contributed by atoms with van der Waals surface area (Å²) in [6.45, 7) is 12.3. The highest BCUT2D eigenvalue weighted by Crippen LogP contribution is 2.62. The lowest BCUT2D eigenvalue weighted by Gasteiger charge is -2.60. The van der Waals surface area contributed by atoms with Gasteiger partial charge in [0.15, 0.2) is 0 Å². The number of allylic oxidation sites excluding steroid dienone is 1. The molecule has 0 radical (unpaired) electrons. The molecule has 0 aromatic heterocycles. The number of non-ortho nitro benzene ring substituents is 1. The van der Waals surface area contributed by atoms with Gasteiger partial charge in [-0.3, -0.25) is 15.0 Å². The molecule has 1 fully saturated rings. The maximum atomic E-state index is 14.7. The molecule has 6 atom stereocenters. The first-order valence-electron chi connectivity index (χ1n) is 22.6. The van der Waals surface area contributed by atoms with Crippen molar-refractivity contribution in [3.63, 3.8) is 0 Å². The maximum Gasteiger partial charge on any atom is 0.415 e. The third-order valence-electron chi connectivity index (χ3n) is 12.4. The van der Waals surface area contributed by atoms with Crippen LogP contribution in [0, 0.1) is 27.9 Å². The quantitative estimate of drug-likeness (QED) is 0.0401. The van der Waals surface area contributed by atoms with E-state index in [2.05, 4.69) is 30.9 Å². The Labute approximate surface area is 375 Å². The molecule has 340 valence electrons. The van der Waals surface area contributed by atoms with Gasteiger partial charge in [-0.15, -0.1) is 6.58 Å². The van der Waals surface area contributed by atoms with Crippen molar-refractivity contribution in [2.45, 2.75) is 102 Å². The predicted molar refractivity (Wildman–Crippen MR) is 246 cm³/mol. The standard InChI is InChI=1S/C51H61N3O10/c1-6-26-53(49(57)62-38-22-19-37(20-23-38)54(58)59)46-33-44(52-64-50(3,4)5)42-31-36(16-10-12-27-55)41(17-11-13-28-56)47-43-32-40(61-39-21-18-34-14-8-9-15-35(34)30-39)24-25-45(43)63-51(46,48(42)47)60-29-7-2/h7-9,14-15,18-25,30-32,36,41,46-48,55-56H,2,6,10-13,16-17,26-29,33H2,1,3-5H3/t36-,41+,46-,47+,48+,51+/m0/s1. The van der Waals surface area contributed by atoms with E-state index in [0.29, 0.717) is 42.2 Å². The summed E-state index contributed by atoms with van der Waals surface area (Å²) in [6, 6.07) is 24.7. The number of unbranched alkanes of at least 4 members (excludes halogenated alkanes) is 2. The number of aliphatic hydroxyl groups is 2. The fourth-order valence-corrected chi connectivity index (χ4v) is 9.68. The number of nitrogens with zero attached hydrogens (tertiary/aromatic N) is 3. The second-order valence-electron chi connectivity index (χ2n) is 17.9. The van der Waals surface area contributed by atoms with Crippen molar-refractivity contribution >= 4 is 28.3 Å². The second-order valence-corrected chi connectivity index (χ2v) is 17.9. The van der Waals surface area contributed by atoms with Crippen LogP contribution in [-0.4, -0.2) is 75.6 Å². The SMILES string of the molecule is C=CCO[C@@]12Oc3ccc(Oc4ccc5ccccc5c4)cc3[C@H]3[C@H](CCCCO)[C@@H](CCCCO)C=C(C(=NOC(C)(C)C)C[C@@H]1N(CCC)C(=O)Oc1ccc([N+](=O)[O-])cc1)[C@H]32. The van der Waals surface area contributed by atoms with Crippen LogP contribution in [0.5, 0.6) is 23.0 Å². The molecule has 1 heterocycles. The molecule has 0 unspecified atom stereocenters. The van der Waals surface area contributed by atoms with Gasteiger partial charge in [0.25, 0.3) is 5.69 Å². The average Bonchev–Trinajstić information content (AvgIpc) is 3.28. The molecule has 4 aromatic rings. The fraction of sp³-hybridized carbons (Fsp3) is 0.451.